The van der Waals surface area contributed by atoms with Crippen LogP contribution in [0.25, 0.3) is 0 Å². The SMILES string of the molecule is COc1ccc(S(=O)(=O)N2CCC(Cc3ccccc3)CC2)cc1N1CCN(C(=O)c2ccc(F)c(F)c2)CC1. The van der Waals surface area contributed by atoms with Gasteiger partial charge in [-0.2, -0.15) is 4.31 Å². The first kappa shape index (κ1) is 28.0. The molecule has 5 rings (SSSR count). The predicted molar refractivity (Wildman–Crippen MR) is 149 cm³/mol. The molecular formula is C30H33F2N3O4S. The molecule has 0 radical (unpaired) electrons. The van der Waals surface area contributed by atoms with Crippen molar-refractivity contribution in [3.63, 3.8) is 0 Å². The van der Waals surface area contributed by atoms with Gasteiger partial charge in [0.15, 0.2) is 11.6 Å². The summed E-state index contributed by atoms with van der Waals surface area (Å²) in [6, 6.07) is 18.3. The fraction of sp³-hybridized carbons (Fsp3) is 0.367. The van der Waals surface area contributed by atoms with Crippen molar-refractivity contribution in [2.45, 2.75) is 24.2 Å². The number of carbonyl (C=O) groups excluding carboxylic acids is 1. The third-order valence-electron chi connectivity index (χ3n) is 7.80. The van der Waals surface area contributed by atoms with Crippen LogP contribution in [0.3, 0.4) is 0 Å². The van der Waals surface area contributed by atoms with Crippen LogP contribution in [-0.2, 0) is 16.4 Å². The second kappa shape index (κ2) is 11.9. The lowest BCUT2D eigenvalue weighted by Gasteiger charge is -2.37. The average molecular weight is 570 g/mol. The summed E-state index contributed by atoms with van der Waals surface area (Å²) in [7, 11) is -2.16. The molecule has 0 spiro atoms. The molecule has 0 unspecified atom stereocenters. The lowest BCUT2D eigenvalue weighted by atomic mass is 9.91. The normalized spacial score (nSPS) is 17.2. The van der Waals surface area contributed by atoms with Crippen molar-refractivity contribution >= 4 is 21.6 Å². The predicted octanol–water partition coefficient (Wildman–Crippen LogP) is 4.58. The summed E-state index contributed by atoms with van der Waals surface area (Å²) < 4.78 is 61.2. The number of benzene rings is 3. The number of hydrogen-bond acceptors (Lipinski definition) is 5. The first-order valence-corrected chi connectivity index (χ1v) is 14.9. The number of piperazine rings is 1. The summed E-state index contributed by atoms with van der Waals surface area (Å²) in [4.78, 5) is 16.6. The number of sulfonamides is 1. The molecule has 2 heterocycles. The van der Waals surface area contributed by atoms with Gasteiger partial charge in [0.05, 0.1) is 17.7 Å². The Balaban J connectivity index is 1.25. The van der Waals surface area contributed by atoms with Crippen LogP contribution in [0.4, 0.5) is 14.5 Å². The molecule has 2 aliphatic heterocycles. The Hall–Kier alpha value is -3.50. The van der Waals surface area contributed by atoms with Crippen LogP contribution in [0.1, 0.15) is 28.8 Å². The summed E-state index contributed by atoms with van der Waals surface area (Å²) in [5, 5.41) is 0. The van der Waals surface area contributed by atoms with Crippen LogP contribution in [0.2, 0.25) is 0 Å². The molecular weight excluding hydrogens is 536 g/mol. The van der Waals surface area contributed by atoms with E-state index in [4.69, 9.17) is 4.74 Å². The van der Waals surface area contributed by atoms with Crippen LogP contribution >= 0.6 is 0 Å². The van der Waals surface area contributed by atoms with E-state index in [0.717, 1.165) is 31.4 Å². The lowest BCUT2D eigenvalue weighted by Crippen LogP contribution is -2.49. The van der Waals surface area contributed by atoms with Gasteiger partial charge in [-0.15, -0.1) is 0 Å². The summed E-state index contributed by atoms with van der Waals surface area (Å²) in [5.74, 6) is -1.45. The summed E-state index contributed by atoms with van der Waals surface area (Å²) in [6.07, 6.45) is 2.57. The molecule has 0 aromatic heterocycles. The first-order valence-electron chi connectivity index (χ1n) is 13.5. The molecule has 0 saturated carbocycles. The highest BCUT2D eigenvalue weighted by Crippen LogP contribution is 2.34. The summed E-state index contributed by atoms with van der Waals surface area (Å²) >= 11 is 0. The molecule has 40 heavy (non-hydrogen) atoms. The summed E-state index contributed by atoms with van der Waals surface area (Å²) in [5.41, 5.74) is 2.00. The molecule has 0 aliphatic carbocycles. The second-order valence-electron chi connectivity index (χ2n) is 10.3. The number of rotatable bonds is 7. The Labute approximate surface area is 234 Å². The maximum absolute atomic E-state index is 13.6. The van der Waals surface area contributed by atoms with Gasteiger partial charge < -0.3 is 14.5 Å². The minimum atomic E-state index is -3.69. The molecule has 3 aromatic carbocycles. The zero-order chi connectivity index (χ0) is 28.3. The monoisotopic (exact) mass is 569 g/mol. The van der Waals surface area contributed by atoms with Gasteiger partial charge in [-0.3, -0.25) is 4.79 Å². The third kappa shape index (κ3) is 5.97. The highest BCUT2D eigenvalue weighted by atomic mass is 32.2. The van der Waals surface area contributed by atoms with Crippen LogP contribution in [0.15, 0.2) is 71.6 Å². The van der Waals surface area contributed by atoms with Gasteiger partial charge in [0, 0.05) is 44.8 Å². The maximum atomic E-state index is 13.6. The zero-order valence-electron chi connectivity index (χ0n) is 22.4. The minimum Gasteiger partial charge on any atom is -0.495 e. The van der Waals surface area contributed by atoms with Crippen LogP contribution in [0, 0.1) is 17.6 Å². The quantitative estimate of drug-likeness (QED) is 0.417. The largest absolute Gasteiger partial charge is 0.495 e. The molecule has 2 fully saturated rings. The van der Waals surface area contributed by atoms with Crippen molar-refractivity contribution in [3.8, 4) is 5.75 Å². The minimum absolute atomic E-state index is 0.0885. The highest BCUT2D eigenvalue weighted by Gasteiger charge is 2.31. The van der Waals surface area contributed by atoms with E-state index in [2.05, 4.69) is 12.1 Å². The van der Waals surface area contributed by atoms with Gasteiger partial charge >= 0.3 is 0 Å². The molecule has 3 aromatic rings. The molecule has 7 nitrogen and oxygen atoms in total. The standard InChI is InChI=1S/C30H33F2N3O4S/c1-39-29-10-8-25(40(37,38)35-13-11-23(12-14-35)19-22-5-3-2-4-6-22)21-28(29)33-15-17-34(18-16-33)30(36)24-7-9-26(31)27(32)20-24/h2-10,20-21,23H,11-19H2,1H3. The second-order valence-corrected chi connectivity index (χ2v) is 12.2. The number of ether oxygens (including phenoxy) is 1. The fourth-order valence-corrected chi connectivity index (χ4v) is 6.98. The number of hydrogen-bond donors (Lipinski definition) is 0. The van der Waals surface area contributed by atoms with Gasteiger partial charge in [0.25, 0.3) is 5.91 Å². The van der Waals surface area contributed by atoms with Gasteiger partial charge in [0.2, 0.25) is 10.0 Å². The van der Waals surface area contributed by atoms with E-state index in [-0.39, 0.29) is 16.4 Å². The molecule has 0 bridgehead atoms. The van der Waals surface area contributed by atoms with Crippen molar-refractivity contribution in [1.29, 1.82) is 0 Å². The van der Waals surface area contributed by atoms with Crippen LogP contribution < -0.4 is 9.64 Å². The molecule has 10 heteroatoms. The van der Waals surface area contributed by atoms with Crippen LogP contribution in [-0.4, -0.2) is 69.9 Å². The highest BCUT2D eigenvalue weighted by molar-refractivity contribution is 7.89. The van der Waals surface area contributed by atoms with E-state index in [1.165, 1.54) is 18.7 Å². The van der Waals surface area contributed by atoms with Gasteiger partial charge in [0.1, 0.15) is 5.75 Å². The van der Waals surface area contributed by atoms with Crippen molar-refractivity contribution in [3.05, 3.63) is 89.5 Å². The zero-order valence-corrected chi connectivity index (χ0v) is 23.2. The Morgan fingerprint density at radius 3 is 2.23 bits per heavy atom. The Morgan fingerprint density at radius 2 is 1.57 bits per heavy atom. The molecule has 1 amide bonds. The first-order chi connectivity index (χ1) is 19.3. The Morgan fingerprint density at radius 1 is 0.875 bits per heavy atom. The Bertz CT molecular complexity index is 1450. The van der Waals surface area contributed by atoms with Crippen LogP contribution in [0.5, 0.6) is 5.75 Å². The topological polar surface area (TPSA) is 70.2 Å². The number of halogens is 2. The van der Waals surface area contributed by atoms with E-state index in [1.807, 2.05) is 23.1 Å². The molecule has 0 N–H and O–H groups in total. The maximum Gasteiger partial charge on any atom is 0.254 e. The third-order valence-corrected chi connectivity index (χ3v) is 9.70. The van der Waals surface area contributed by atoms with Crippen molar-refractivity contribution in [2.75, 3.05) is 51.3 Å². The molecule has 212 valence electrons. The van der Waals surface area contributed by atoms with Crippen molar-refractivity contribution in [2.24, 2.45) is 5.92 Å². The number of piperidine rings is 1. The number of carbonyl (C=O) groups is 1. The average Bonchev–Trinajstić information content (AvgIpc) is 2.99. The van der Waals surface area contributed by atoms with Gasteiger partial charge in [-0.25, -0.2) is 17.2 Å². The fourth-order valence-electron chi connectivity index (χ4n) is 5.49. The van der Waals surface area contributed by atoms with E-state index < -0.39 is 21.7 Å². The van der Waals surface area contributed by atoms with Gasteiger partial charge in [-0.05, 0) is 67.1 Å². The molecule has 0 atom stereocenters. The Kier molecular flexibility index (Phi) is 8.37. The van der Waals surface area contributed by atoms with Gasteiger partial charge in [-0.1, -0.05) is 30.3 Å². The summed E-state index contributed by atoms with van der Waals surface area (Å²) in [6.45, 7) is 2.50. The van der Waals surface area contributed by atoms with E-state index in [0.29, 0.717) is 56.6 Å². The molecule has 2 saturated heterocycles. The van der Waals surface area contributed by atoms with Crippen molar-refractivity contribution in [1.82, 2.24) is 9.21 Å². The number of nitrogens with zero attached hydrogens (tertiary/aromatic N) is 3. The molecule has 2 aliphatic rings. The number of anilines is 1. The van der Waals surface area contributed by atoms with E-state index >= 15 is 0 Å². The number of methoxy groups -OCH3 is 1. The smallest absolute Gasteiger partial charge is 0.254 e. The van der Waals surface area contributed by atoms with Crippen molar-refractivity contribution < 1.29 is 26.7 Å². The van der Waals surface area contributed by atoms with E-state index in [9.17, 15) is 22.0 Å². The van der Waals surface area contributed by atoms with E-state index in [1.54, 1.807) is 27.4 Å². The lowest BCUT2D eigenvalue weighted by molar-refractivity contribution is 0.0746. The number of amides is 1.